The molecule has 1 radical (unpaired) electrons. The summed E-state index contributed by atoms with van der Waals surface area (Å²) in [5.41, 5.74) is 3.32. The maximum absolute atomic E-state index is 5.48. The van der Waals surface area contributed by atoms with E-state index >= 15 is 0 Å². The Morgan fingerprint density at radius 3 is 1.86 bits per heavy atom. The average molecular weight is 201 g/mol. The van der Waals surface area contributed by atoms with Crippen LogP contribution in [0.4, 0.5) is 0 Å². The molecule has 0 unspecified atom stereocenters. The molecule has 0 fully saturated rings. The molecule has 0 N–H and O–H groups in total. The van der Waals surface area contributed by atoms with E-state index in [1.165, 1.54) is 11.1 Å². The quantitative estimate of drug-likeness (QED) is 0.644. The van der Waals surface area contributed by atoms with Gasteiger partial charge in [0, 0.05) is 0 Å². The predicted octanol–water partition coefficient (Wildman–Crippen LogP) is 3.98. The number of hydrogen-bond acceptors (Lipinski definition) is 0. The summed E-state index contributed by atoms with van der Waals surface area (Å²) >= 11 is 5.48. The minimum Gasteiger partial charge on any atom is -0.181 e. The Bertz CT molecular complexity index is 389. The summed E-state index contributed by atoms with van der Waals surface area (Å²) in [6.07, 6.45) is 0. The Morgan fingerprint density at radius 1 is 0.714 bits per heavy atom. The van der Waals surface area contributed by atoms with Crippen LogP contribution in [0.2, 0.25) is 0 Å². The first-order chi connectivity index (χ1) is 6.90. The van der Waals surface area contributed by atoms with Crippen molar-refractivity contribution >= 4 is 11.6 Å². The van der Waals surface area contributed by atoms with Crippen LogP contribution in [0.5, 0.6) is 0 Å². The molecule has 2 aromatic carbocycles. The maximum Gasteiger partial charge on any atom is -0.0205 e. The van der Waals surface area contributed by atoms with Crippen LogP contribution in [0.3, 0.4) is 0 Å². The van der Waals surface area contributed by atoms with E-state index in [0.29, 0.717) is 0 Å². The SMILES string of the molecule is Cl[C-]c1ccc(-c2ccccc2)cc1. The summed E-state index contributed by atoms with van der Waals surface area (Å²) in [6, 6.07) is 18.2. The summed E-state index contributed by atoms with van der Waals surface area (Å²) in [7, 11) is 0. The van der Waals surface area contributed by atoms with Crippen molar-refractivity contribution in [1.29, 1.82) is 0 Å². The molecule has 0 aliphatic rings. The van der Waals surface area contributed by atoms with Gasteiger partial charge in [-0.15, -0.1) is 12.1 Å². The lowest BCUT2D eigenvalue weighted by atomic mass is 10.0. The molecule has 0 bridgehead atoms. The van der Waals surface area contributed by atoms with Gasteiger partial charge < -0.3 is 0 Å². The van der Waals surface area contributed by atoms with Gasteiger partial charge in [0.1, 0.15) is 0 Å². The van der Waals surface area contributed by atoms with Crippen LogP contribution in [0, 0.1) is 5.88 Å². The molecule has 69 valence electrons. The van der Waals surface area contributed by atoms with Crippen molar-refractivity contribution in [3.63, 3.8) is 0 Å². The lowest BCUT2D eigenvalue weighted by Crippen LogP contribution is -1.78. The van der Waals surface area contributed by atoms with Crippen molar-refractivity contribution in [2.75, 3.05) is 0 Å². The Morgan fingerprint density at radius 2 is 1.29 bits per heavy atom. The van der Waals surface area contributed by atoms with Gasteiger partial charge in [-0.25, -0.2) is 0 Å². The van der Waals surface area contributed by atoms with Crippen LogP contribution >= 0.6 is 11.6 Å². The van der Waals surface area contributed by atoms with Gasteiger partial charge in [0.25, 0.3) is 0 Å². The third kappa shape index (κ3) is 1.91. The van der Waals surface area contributed by atoms with E-state index in [0.717, 1.165) is 5.56 Å². The van der Waals surface area contributed by atoms with Crippen molar-refractivity contribution in [3.8, 4) is 11.1 Å². The Balaban J connectivity index is 2.34. The molecule has 0 atom stereocenters. The molecule has 0 saturated heterocycles. The highest BCUT2D eigenvalue weighted by molar-refractivity contribution is 6.25. The highest BCUT2D eigenvalue weighted by Gasteiger charge is 1.91. The highest BCUT2D eigenvalue weighted by Crippen LogP contribution is 2.19. The molecular weight excluding hydrogens is 192 g/mol. The Kier molecular flexibility index (Phi) is 2.76. The van der Waals surface area contributed by atoms with Gasteiger partial charge in [-0.2, -0.15) is 29.3 Å². The van der Waals surface area contributed by atoms with E-state index in [-0.39, 0.29) is 0 Å². The highest BCUT2D eigenvalue weighted by atomic mass is 35.5. The van der Waals surface area contributed by atoms with Gasteiger partial charge in [-0.3, -0.25) is 0 Å². The fourth-order valence-electron chi connectivity index (χ4n) is 1.36. The van der Waals surface area contributed by atoms with Crippen molar-refractivity contribution in [2.24, 2.45) is 0 Å². The van der Waals surface area contributed by atoms with E-state index in [9.17, 15) is 0 Å². The zero-order valence-electron chi connectivity index (χ0n) is 7.57. The molecule has 0 aromatic heterocycles. The average Bonchev–Trinajstić information content (AvgIpc) is 2.30. The summed E-state index contributed by atoms with van der Waals surface area (Å²) in [5.74, 6) is 2.58. The van der Waals surface area contributed by atoms with Crippen LogP contribution in [0.1, 0.15) is 5.56 Å². The molecule has 0 saturated carbocycles. The van der Waals surface area contributed by atoms with Crippen LogP contribution in [-0.4, -0.2) is 0 Å². The predicted molar refractivity (Wildman–Crippen MR) is 60.1 cm³/mol. The van der Waals surface area contributed by atoms with Crippen molar-refractivity contribution < 1.29 is 0 Å². The van der Waals surface area contributed by atoms with Gasteiger partial charge in [0.15, 0.2) is 0 Å². The van der Waals surface area contributed by atoms with Crippen LogP contribution in [0.15, 0.2) is 54.6 Å². The minimum atomic E-state index is 0.909. The molecule has 0 aliphatic heterocycles. The second-order valence-corrected chi connectivity index (χ2v) is 3.23. The fraction of sp³-hybridized carbons (Fsp3) is 0. The third-order valence-corrected chi connectivity index (χ3v) is 2.32. The lowest BCUT2D eigenvalue weighted by Gasteiger charge is -2.07. The van der Waals surface area contributed by atoms with E-state index in [1.54, 1.807) is 0 Å². The molecule has 1 heteroatoms. The standard InChI is InChI=1S/C13H9Cl/c14-10-11-6-8-13(9-7-11)12-4-2-1-3-5-12/h1-9H/q-1. The molecule has 0 nitrogen and oxygen atoms in total. The minimum absolute atomic E-state index is 0.909. The van der Waals surface area contributed by atoms with Gasteiger partial charge >= 0.3 is 0 Å². The number of benzene rings is 2. The molecule has 14 heavy (non-hydrogen) atoms. The van der Waals surface area contributed by atoms with E-state index in [2.05, 4.69) is 18.0 Å². The summed E-state index contributed by atoms with van der Waals surface area (Å²) in [5, 5.41) is 0. The van der Waals surface area contributed by atoms with Gasteiger partial charge in [0.05, 0.1) is 0 Å². The van der Waals surface area contributed by atoms with Crippen molar-refractivity contribution in [2.45, 2.75) is 0 Å². The van der Waals surface area contributed by atoms with Crippen LogP contribution in [-0.2, 0) is 0 Å². The summed E-state index contributed by atoms with van der Waals surface area (Å²) in [6.45, 7) is 0. The van der Waals surface area contributed by atoms with Gasteiger partial charge in [-0.1, -0.05) is 36.2 Å². The molecular formula is C13H9Cl-. The zero-order chi connectivity index (χ0) is 9.80. The lowest BCUT2D eigenvalue weighted by molar-refractivity contribution is 1.56. The first-order valence-corrected chi connectivity index (χ1v) is 4.80. The number of hydrogen-bond donors (Lipinski definition) is 0. The fourth-order valence-corrected chi connectivity index (χ4v) is 1.48. The molecule has 0 amide bonds. The van der Waals surface area contributed by atoms with Crippen molar-refractivity contribution in [3.05, 3.63) is 66.0 Å². The van der Waals surface area contributed by atoms with Crippen molar-refractivity contribution in [1.82, 2.24) is 0 Å². The van der Waals surface area contributed by atoms with Crippen LogP contribution in [0.25, 0.3) is 11.1 Å². The molecule has 2 rings (SSSR count). The second kappa shape index (κ2) is 4.21. The summed E-state index contributed by atoms with van der Waals surface area (Å²) < 4.78 is 0. The smallest absolute Gasteiger partial charge is 0.0205 e. The van der Waals surface area contributed by atoms with Gasteiger partial charge in [-0.05, 0) is 11.1 Å². The molecule has 2 aromatic rings. The number of rotatable bonds is 2. The normalized spacial score (nSPS) is 9.79. The van der Waals surface area contributed by atoms with Gasteiger partial charge in [0.2, 0.25) is 0 Å². The monoisotopic (exact) mass is 200 g/mol. The largest absolute Gasteiger partial charge is 0.181 e. The molecule has 0 aliphatic carbocycles. The molecule has 0 heterocycles. The number of halogens is 1. The first-order valence-electron chi connectivity index (χ1n) is 4.42. The van der Waals surface area contributed by atoms with Crippen LogP contribution < -0.4 is 0 Å². The third-order valence-electron chi connectivity index (χ3n) is 2.10. The second-order valence-electron chi connectivity index (χ2n) is 3.04. The van der Waals surface area contributed by atoms with E-state index < -0.39 is 0 Å². The topological polar surface area (TPSA) is 0 Å². The zero-order valence-corrected chi connectivity index (χ0v) is 8.33. The first kappa shape index (κ1) is 9.17. The Hall–Kier alpha value is -1.40. The maximum atomic E-state index is 5.48. The summed E-state index contributed by atoms with van der Waals surface area (Å²) in [4.78, 5) is 0. The Labute approximate surface area is 89.2 Å². The van der Waals surface area contributed by atoms with E-state index in [1.807, 2.05) is 42.5 Å². The molecule has 0 spiro atoms. The van der Waals surface area contributed by atoms with E-state index in [4.69, 9.17) is 11.6 Å².